The van der Waals surface area contributed by atoms with Gasteiger partial charge in [0.25, 0.3) is 0 Å². The van der Waals surface area contributed by atoms with Crippen LogP contribution in [-0.2, 0) is 4.79 Å². The Bertz CT molecular complexity index is 1110. The van der Waals surface area contributed by atoms with Crippen LogP contribution in [0.2, 0.25) is 0 Å². The molecule has 0 aromatic heterocycles. The van der Waals surface area contributed by atoms with E-state index in [4.69, 9.17) is 0 Å². The maximum absolute atomic E-state index is 13.3. The van der Waals surface area contributed by atoms with Crippen molar-refractivity contribution in [1.29, 1.82) is 21.0 Å². The first-order valence-corrected chi connectivity index (χ1v) is 14.9. The predicted molar refractivity (Wildman–Crippen MR) is 145 cm³/mol. The summed E-state index contributed by atoms with van der Waals surface area (Å²) in [6.45, 7) is 11.9. The highest BCUT2D eigenvalue weighted by Crippen LogP contribution is 2.68. The van der Waals surface area contributed by atoms with E-state index in [1.807, 2.05) is 24.3 Å². The fourth-order valence-electron chi connectivity index (χ4n) is 9.80. The lowest BCUT2D eigenvalue weighted by Gasteiger charge is -2.59. The maximum Gasteiger partial charge on any atom is 0.182 e. The zero-order chi connectivity index (χ0) is 27.9. The molecule has 4 rings (SSSR count). The van der Waals surface area contributed by atoms with E-state index in [1.165, 1.54) is 38.5 Å². The summed E-state index contributed by atoms with van der Waals surface area (Å²) in [5.74, 6) is 1.28. The highest BCUT2D eigenvalue weighted by atomic mass is 16.1. The van der Waals surface area contributed by atoms with Crippen LogP contribution in [0, 0.1) is 109 Å². The Balaban J connectivity index is 1.61. The van der Waals surface area contributed by atoms with E-state index in [2.05, 4.69) is 34.6 Å². The lowest BCUT2D eigenvalue weighted by molar-refractivity contribution is -0.126. The predicted octanol–water partition coefficient (Wildman–Crippen LogP) is 7.52. The molecule has 202 valence electrons. The minimum Gasteiger partial charge on any atom is -0.294 e. The largest absolute Gasteiger partial charge is 0.294 e. The number of hydrogen-bond donors (Lipinski definition) is 0. The molecule has 38 heavy (non-hydrogen) atoms. The molecular formula is C33H44N4O. The van der Waals surface area contributed by atoms with Crippen LogP contribution in [0.3, 0.4) is 0 Å². The first-order chi connectivity index (χ1) is 18.0. The molecule has 0 amide bonds. The Hall–Kier alpha value is -2.63. The molecule has 0 saturated heterocycles. The van der Waals surface area contributed by atoms with Crippen LogP contribution in [0.15, 0.2) is 11.6 Å². The third-order valence-electron chi connectivity index (χ3n) is 11.9. The molecule has 5 heteroatoms. The number of ketones is 1. The van der Waals surface area contributed by atoms with E-state index < -0.39 is 17.3 Å². The third-order valence-corrected chi connectivity index (χ3v) is 11.9. The summed E-state index contributed by atoms with van der Waals surface area (Å²) in [6.07, 6.45) is 12.9. The molecule has 8 unspecified atom stereocenters. The van der Waals surface area contributed by atoms with Gasteiger partial charge in [0.2, 0.25) is 0 Å². The van der Waals surface area contributed by atoms with Crippen molar-refractivity contribution < 1.29 is 4.79 Å². The van der Waals surface area contributed by atoms with E-state index in [0.29, 0.717) is 29.6 Å². The van der Waals surface area contributed by atoms with Gasteiger partial charge in [-0.3, -0.25) is 4.79 Å². The first kappa shape index (κ1) is 28.4. The zero-order valence-corrected chi connectivity index (χ0v) is 24.0. The van der Waals surface area contributed by atoms with Crippen molar-refractivity contribution in [2.24, 2.45) is 63.6 Å². The number of carbonyl (C=O) groups excluding carboxylic acids is 1. The first-order valence-electron chi connectivity index (χ1n) is 14.9. The maximum atomic E-state index is 13.3. The van der Waals surface area contributed by atoms with Gasteiger partial charge in [0.1, 0.15) is 0 Å². The minimum absolute atomic E-state index is 0.258. The number of carbonyl (C=O) groups is 1. The lowest BCUT2D eigenvalue weighted by Crippen LogP contribution is -2.54. The van der Waals surface area contributed by atoms with Crippen LogP contribution in [0.4, 0.5) is 0 Å². The summed E-state index contributed by atoms with van der Waals surface area (Å²) in [4.78, 5) is 13.3. The molecule has 4 aliphatic carbocycles. The second-order valence-electron chi connectivity index (χ2n) is 14.0. The molecule has 5 nitrogen and oxygen atoms in total. The van der Waals surface area contributed by atoms with Gasteiger partial charge in [-0.2, -0.15) is 21.0 Å². The van der Waals surface area contributed by atoms with E-state index in [9.17, 15) is 25.8 Å². The van der Waals surface area contributed by atoms with Crippen molar-refractivity contribution in [2.45, 2.75) is 98.8 Å². The molecule has 3 fully saturated rings. The standard InChI is InChI=1S/C33H44N4O/c1-21(2)7-6-8-22(3)26-11-12-27-25-10-9-23-15-30(38)29(33(19-36,20-37)24(17-34)18-35)16-32(23,5)28(25)13-14-31(26,27)4/h15,21-22,24-29H,6-14,16H2,1-5H3. The second kappa shape index (κ2) is 10.5. The lowest BCUT2D eigenvalue weighted by atomic mass is 9.44. The molecular weight excluding hydrogens is 468 g/mol. The summed E-state index contributed by atoms with van der Waals surface area (Å²) in [5.41, 5.74) is -0.699. The van der Waals surface area contributed by atoms with Gasteiger partial charge in [0, 0.05) is 0 Å². The molecule has 0 heterocycles. The molecule has 0 aromatic rings. The van der Waals surface area contributed by atoms with E-state index in [1.54, 1.807) is 6.08 Å². The van der Waals surface area contributed by atoms with Crippen molar-refractivity contribution in [3.8, 4) is 24.3 Å². The smallest absolute Gasteiger partial charge is 0.182 e. The molecule has 0 N–H and O–H groups in total. The van der Waals surface area contributed by atoms with Gasteiger partial charge in [-0.15, -0.1) is 0 Å². The molecule has 8 atom stereocenters. The van der Waals surface area contributed by atoms with E-state index >= 15 is 0 Å². The summed E-state index contributed by atoms with van der Waals surface area (Å²) >= 11 is 0. The van der Waals surface area contributed by atoms with Gasteiger partial charge in [-0.05, 0) is 97.4 Å². The van der Waals surface area contributed by atoms with Crippen LogP contribution in [0.25, 0.3) is 0 Å². The number of fused-ring (bicyclic) bond motifs is 5. The van der Waals surface area contributed by atoms with E-state index in [0.717, 1.165) is 42.6 Å². The summed E-state index contributed by atoms with van der Waals surface area (Å²) in [5, 5.41) is 39.4. The second-order valence-corrected chi connectivity index (χ2v) is 14.0. The Kier molecular flexibility index (Phi) is 7.84. The molecule has 0 radical (unpaired) electrons. The zero-order valence-electron chi connectivity index (χ0n) is 24.0. The summed E-state index contributed by atoms with van der Waals surface area (Å²) in [7, 11) is 0. The van der Waals surface area contributed by atoms with Gasteiger partial charge in [0.15, 0.2) is 17.1 Å². The van der Waals surface area contributed by atoms with Crippen molar-refractivity contribution >= 4 is 5.78 Å². The normalized spacial score (nSPS) is 37.1. The number of hydrogen-bond acceptors (Lipinski definition) is 5. The summed E-state index contributed by atoms with van der Waals surface area (Å²) < 4.78 is 0. The van der Waals surface area contributed by atoms with Crippen molar-refractivity contribution in [2.75, 3.05) is 0 Å². The Morgan fingerprint density at radius 1 is 0.974 bits per heavy atom. The number of allylic oxidation sites excluding steroid dienone is 1. The highest BCUT2D eigenvalue weighted by Gasteiger charge is 2.62. The van der Waals surface area contributed by atoms with Crippen molar-refractivity contribution in [1.82, 2.24) is 0 Å². The van der Waals surface area contributed by atoms with Gasteiger partial charge < -0.3 is 0 Å². The highest BCUT2D eigenvalue weighted by molar-refractivity contribution is 5.95. The Morgan fingerprint density at radius 3 is 2.26 bits per heavy atom. The fourth-order valence-corrected chi connectivity index (χ4v) is 9.80. The van der Waals surface area contributed by atoms with Gasteiger partial charge in [0.05, 0.1) is 30.2 Å². The van der Waals surface area contributed by atoms with Crippen molar-refractivity contribution in [3.05, 3.63) is 11.6 Å². The van der Waals surface area contributed by atoms with Gasteiger partial charge in [-0.1, -0.05) is 59.5 Å². The quantitative estimate of drug-likeness (QED) is 0.350. The molecule has 4 aliphatic rings. The topological polar surface area (TPSA) is 112 Å². The number of rotatable bonds is 7. The van der Waals surface area contributed by atoms with Crippen LogP contribution >= 0.6 is 0 Å². The molecule has 3 saturated carbocycles. The molecule has 0 aromatic carbocycles. The number of nitriles is 4. The molecule has 0 spiro atoms. The van der Waals surface area contributed by atoms with E-state index in [-0.39, 0.29) is 11.2 Å². The van der Waals surface area contributed by atoms with Crippen LogP contribution in [0.5, 0.6) is 0 Å². The SMILES string of the molecule is CC(C)CCCC(C)C1CCC2C3CCC4=CC(=O)C(C(C#N)(C#N)C(C#N)C#N)CC4(C)C3CCC12C. The monoisotopic (exact) mass is 512 g/mol. The van der Waals surface area contributed by atoms with Gasteiger partial charge >= 0.3 is 0 Å². The molecule has 0 bridgehead atoms. The average molecular weight is 513 g/mol. The fraction of sp³-hybridized carbons (Fsp3) is 0.788. The van der Waals surface area contributed by atoms with Crippen LogP contribution < -0.4 is 0 Å². The van der Waals surface area contributed by atoms with Crippen molar-refractivity contribution in [3.63, 3.8) is 0 Å². The Morgan fingerprint density at radius 2 is 1.66 bits per heavy atom. The number of nitrogens with zero attached hydrogens (tertiary/aromatic N) is 4. The summed E-state index contributed by atoms with van der Waals surface area (Å²) in [6, 6.07) is 7.65. The Labute approximate surface area is 229 Å². The van der Waals surface area contributed by atoms with Crippen LogP contribution in [0.1, 0.15) is 98.8 Å². The average Bonchev–Trinajstić information content (AvgIpc) is 3.24. The van der Waals surface area contributed by atoms with Crippen LogP contribution in [-0.4, -0.2) is 5.78 Å². The molecule has 0 aliphatic heterocycles. The minimum atomic E-state index is -1.94. The van der Waals surface area contributed by atoms with Gasteiger partial charge in [-0.25, -0.2) is 0 Å². The third kappa shape index (κ3) is 4.28.